The highest BCUT2D eigenvalue weighted by molar-refractivity contribution is 7.15. The molecular formula is C15H16N2O2S. The van der Waals surface area contributed by atoms with E-state index < -0.39 is 0 Å². The zero-order valence-electron chi connectivity index (χ0n) is 11.3. The number of amides is 1. The van der Waals surface area contributed by atoms with Gasteiger partial charge in [-0.05, 0) is 44.0 Å². The highest BCUT2D eigenvalue weighted by Gasteiger charge is 2.24. The zero-order chi connectivity index (χ0) is 13.9. The number of thiophene rings is 1. The van der Waals surface area contributed by atoms with E-state index >= 15 is 0 Å². The summed E-state index contributed by atoms with van der Waals surface area (Å²) in [5, 5.41) is 2.94. The molecule has 3 rings (SSSR count). The summed E-state index contributed by atoms with van der Waals surface area (Å²) in [7, 11) is 0. The number of pyridine rings is 1. The first-order valence-electron chi connectivity index (χ1n) is 6.68. The van der Waals surface area contributed by atoms with Gasteiger partial charge in [-0.2, -0.15) is 0 Å². The molecule has 0 aliphatic carbocycles. The number of rotatable bonds is 3. The maximum atomic E-state index is 12.1. The summed E-state index contributed by atoms with van der Waals surface area (Å²) in [5.74, 6) is -0.0787. The number of nitrogens with one attached hydrogen (secondary N) is 1. The molecule has 2 aromatic rings. The number of aromatic nitrogens is 1. The number of hydrogen-bond donors (Lipinski definition) is 1. The number of hydrogen-bond acceptors (Lipinski definition) is 4. The van der Waals surface area contributed by atoms with Gasteiger partial charge in [0.05, 0.1) is 10.6 Å². The molecule has 1 aliphatic heterocycles. The molecular weight excluding hydrogens is 272 g/mol. The van der Waals surface area contributed by atoms with Crippen LogP contribution < -0.4 is 5.32 Å². The van der Waals surface area contributed by atoms with Crippen LogP contribution in [0.3, 0.4) is 0 Å². The summed E-state index contributed by atoms with van der Waals surface area (Å²) in [6, 6.07) is 7.80. The Morgan fingerprint density at radius 2 is 2.35 bits per heavy atom. The molecule has 0 bridgehead atoms. The third-order valence-corrected chi connectivity index (χ3v) is 4.27. The molecule has 104 valence electrons. The molecule has 0 unspecified atom stereocenters. The maximum absolute atomic E-state index is 12.1. The Hall–Kier alpha value is -1.72. The van der Waals surface area contributed by atoms with Crippen LogP contribution in [-0.2, 0) is 9.53 Å². The second kappa shape index (κ2) is 5.73. The number of anilines is 1. The van der Waals surface area contributed by atoms with E-state index in [1.165, 1.54) is 4.88 Å². The smallest absolute Gasteiger partial charge is 0.253 e. The van der Waals surface area contributed by atoms with Gasteiger partial charge >= 0.3 is 0 Å². The van der Waals surface area contributed by atoms with Crippen molar-refractivity contribution < 1.29 is 9.53 Å². The van der Waals surface area contributed by atoms with Gasteiger partial charge < -0.3 is 10.1 Å². The van der Waals surface area contributed by atoms with Crippen LogP contribution in [-0.4, -0.2) is 23.6 Å². The van der Waals surface area contributed by atoms with Crippen molar-refractivity contribution in [1.29, 1.82) is 0 Å². The van der Waals surface area contributed by atoms with Crippen molar-refractivity contribution in [3.63, 3.8) is 0 Å². The molecule has 1 aliphatic rings. The van der Waals surface area contributed by atoms with Crippen LogP contribution >= 0.6 is 11.3 Å². The van der Waals surface area contributed by atoms with Gasteiger partial charge in [0.25, 0.3) is 5.91 Å². The second-order valence-corrected chi connectivity index (χ2v) is 6.09. The minimum Gasteiger partial charge on any atom is -0.368 e. The van der Waals surface area contributed by atoms with E-state index in [9.17, 15) is 4.79 Å². The lowest BCUT2D eigenvalue weighted by Gasteiger charge is -2.12. The van der Waals surface area contributed by atoms with Crippen molar-refractivity contribution in [2.75, 3.05) is 11.9 Å². The molecule has 0 aromatic carbocycles. The van der Waals surface area contributed by atoms with Crippen LogP contribution in [0.25, 0.3) is 10.6 Å². The fourth-order valence-electron chi connectivity index (χ4n) is 2.26. The van der Waals surface area contributed by atoms with Crippen molar-refractivity contribution >= 4 is 22.9 Å². The summed E-state index contributed by atoms with van der Waals surface area (Å²) in [6.07, 6.45) is 3.15. The van der Waals surface area contributed by atoms with Gasteiger partial charge in [0.15, 0.2) is 0 Å². The van der Waals surface area contributed by atoms with Crippen molar-refractivity contribution in [3.8, 4) is 10.6 Å². The quantitative estimate of drug-likeness (QED) is 0.943. The average Bonchev–Trinajstić information content (AvgIpc) is 3.10. The van der Waals surface area contributed by atoms with Gasteiger partial charge in [-0.3, -0.25) is 9.78 Å². The fourth-order valence-corrected chi connectivity index (χ4v) is 3.14. The largest absolute Gasteiger partial charge is 0.368 e. The van der Waals surface area contributed by atoms with E-state index in [0.717, 1.165) is 29.1 Å². The predicted molar refractivity (Wildman–Crippen MR) is 79.9 cm³/mol. The summed E-state index contributed by atoms with van der Waals surface area (Å²) in [6.45, 7) is 2.73. The van der Waals surface area contributed by atoms with Crippen molar-refractivity contribution in [2.45, 2.75) is 25.9 Å². The predicted octanol–water partition coefficient (Wildman–Crippen LogP) is 3.24. The Labute approximate surface area is 121 Å². The zero-order valence-corrected chi connectivity index (χ0v) is 12.1. The first-order valence-corrected chi connectivity index (χ1v) is 7.50. The molecule has 0 spiro atoms. The summed E-state index contributed by atoms with van der Waals surface area (Å²) in [5.41, 5.74) is 1.56. The number of nitrogens with zero attached hydrogens (tertiary/aromatic N) is 1. The van der Waals surface area contributed by atoms with Crippen molar-refractivity contribution in [3.05, 3.63) is 35.3 Å². The van der Waals surface area contributed by atoms with Crippen LogP contribution in [0.4, 0.5) is 5.69 Å². The van der Waals surface area contributed by atoms with E-state index in [-0.39, 0.29) is 12.0 Å². The Balaban J connectivity index is 1.84. The standard InChI is InChI=1S/C15H16N2O2S/c1-10-6-7-13(20-10)14-11(4-2-8-16-14)17-15(18)12-5-3-9-19-12/h2,4,6-8,12H,3,5,9H2,1H3,(H,17,18)/t12-/m0/s1. The Kier molecular flexibility index (Phi) is 3.80. The average molecular weight is 288 g/mol. The SMILES string of the molecule is Cc1ccc(-c2ncccc2NC(=O)[C@@H]2CCCO2)s1. The van der Waals surface area contributed by atoms with E-state index in [1.807, 2.05) is 18.2 Å². The summed E-state index contributed by atoms with van der Waals surface area (Å²) in [4.78, 5) is 18.8. The topological polar surface area (TPSA) is 51.2 Å². The van der Waals surface area contributed by atoms with Crippen LogP contribution in [0.1, 0.15) is 17.7 Å². The number of aryl methyl sites for hydroxylation is 1. The maximum Gasteiger partial charge on any atom is 0.253 e. The van der Waals surface area contributed by atoms with E-state index in [1.54, 1.807) is 17.5 Å². The lowest BCUT2D eigenvalue weighted by Crippen LogP contribution is -2.27. The highest BCUT2D eigenvalue weighted by Crippen LogP contribution is 2.31. The first-order chi connectivity index (χ1) is 9.74. The molecule has 0 radical (unpaired) electrons. The van der Waals surface area contributed by atoms with Gasteiger partial charge in [0.2, 0.25) is 0 Å². The van der Waals surface area contributed by atoms with Gasteiger partial charge in [-0.25, -0.2) is 0 Å². The molecule has 1 N–H and O–H groups in total. The minimum atomic E-state index is -0.326. The lowest BCUT2D eigenvalue weighted by molar-refractivity contribution is -0.124. The number of carbonyl (C=O) groups is 1. The van der Waals surface area contributed by atoms with E-state index in [4.69, 9.17) is 4.74 Å². The third-order valence-electron chi connectivity index (χ3n) is 3.26. The third kappa shape index (κ3) is 2.73. The molecule has 1 atom stereocenters. The van der Waals surface area contributed by atoms with E-state index in [0.29, 0.717) is 6.61 Å². The summed E-state index contributed by atoms with van der Waals surface area (Å²) < 4.78 is 5.41. The lowest BCUT2D eigenvalue weighted by atomic mass is 10.2. The van der Waals surface area contributed by atoms with Crippen molar-refractivity contribution in [1.82, 2.24) is 4.98 Å². The minimum absolute atomic E-state index is 0.0787. The van der Waals surface area contributed by atoms with Gasteiger partial charge in [0, 0.05) is 17.7 Å². The molecule has 20 heavy (non-hydrogen) atoms. The molecule has 4 nitrogen and oxygen atoms in total. The molecule has 2 aromatic heterocycles. The number of ether oxygens (including phenoxy) is 1. The van der Waals surface area contributed by atoms with Crippen LogP contribution in [0.15, 0.2) is 30.5 Å². The Bertz CT molecular complexity index is 618. The normalized spacial score (nSPS) is 18.1. The van der Waals surface area contributed by atoms with Crippen molar-refractivity contribution in [2.24, 2.45) is 0 Å². The molecule has 1 saturated heterocycles. The second-order valence-electron chi connectivity index (χ2n) is 4.80. The van der Waals surface area contributed by atoms with Gasteiger partial charge in [-0.15, -0.1) is 11.3 Å². The summed E-state index contributed by atoms with van der Waals surface area (Å²) >= 11 is 1.67. The Morgan fingerprint density at radius 3 is 3.05 bits per heavy atom. The van der Waals surface area contributed by atoms with Crippen LogP contribution in [0.2, 0.25) is 0 Å². The number of carbonyl (C=O) groups excluding carboxylic acids is 1. The highest BCUT2D eigenvalue weighted by atomic mass is 32.1. The van der Waals surface area contributed by atoms with Gasteiger partial charge in [0.1, 0.15) is 11.8 Å². The van der Waals surface area contributed by atoms with E-state index in [2.05, 4.69) is 23.3 Å². The monoisotopic (exact) mass is 288 g/mol. The molecule has 5 heteroatoms. The fraction of sp³-hybridized carbons (Fsp3) is 0.333. The molecule has 3 heterocycles. The first kappa shape index (κ1) is 13.3. The van der Waals surface area contributed by atoms with Crippen LogP contribution in [0.5, 0.6) is 0 Å². The molecule has 0 saturated carbocycles. The molecule has 1 fully saturated rings. The molecule has 1 amide bonds. The Morgan fingerprint density at radius 1 is 1.45 bits per heavy atom. The van der Waals surface area contributed by atoms with Crippen LogP contribution in [0, 0.1) is 6.92 Å². The van der Waals surface area contributed by atoms with Gasteiger partial charge in [-0.1, -0.05) is 0 Å².